The van der Waals surface area contributed by atoms with Gasteiger partial charge in [0.2, 0.25) is 0 Å². The average Bonchev–Trinajstić information content (AvgIpc) is 2.39. The number of ether oxygens (including phenoxy) is 2. The topological polar surface area (TPSA) is 44.5 Å². The minimum absolute atomic E-state index is 0.161. The fourth-order valence-electron chi connectivity index (χ4n) is 3.20. The predicted octanol–water partition coefficient (Wildman–Crippen LogP) is 5.27. The van der Waals surface area contributed by atoms with E-state index in [0.717, 1.165) is 12.8 Å². The number of unbranched alkanes of at least 4 members (excludes halogenated alkanes) is 5. The van der Waals surface area contributed by atoms with Gasteiger partial charge < -0.3 is 15.2 Å². The van der Waals surface area contributed by atoms with Gasteiger partial charge in [-0.1, -0.05) is 45.4 Å². The third-order valence-corrected chi connectivity index (χ3v) is 4.10. The van der Waals surface area contributed by atoms with Crippen molar-refractivity contribution in [3.8, 4) is 0 Å². The largest absolute Gasteiger partial charge is 0.347 e. The molecule has 0 spiro atoms. The summed E-state index contributed by atoms with van der Waals surface area (Å²) in [6, 6.07) is 0. The molecule has 3 heteroatoms. The van der Waals surface area contributed by atoms with Crippen LogP contribution in [0.5, 0.6) is 0 Å². The van der Waals surface area contributed by atoms with Crippen molar-refractivity contribution in [2.24, 2.45) is 11.7 Å². The molecule has 134 valence electrons. The average molecular weight is 316 g/mol. The van der Waals surface area contributed by atoms with Crippen molar-refractivity contribution in [2.45, 2.75) is 111 Å². The Morgan fingerprint density at radius 3 is 1.77 bits per heavy atom. The molecule has 0 fully saturated rings. The molecule has 0 bridgehead atoms. The zero-order chi connectivity index (χ0) is 17.0. The summed E-state index contributed by atoms with van der Waals surface area (Å²) in [7, 11) is 0. The first kappa shape index (κ1) is 21.9. The van der Waals surface area contributed by atoms with E-state index in [9.17, 15) is 0 Å². The summed E-state index contributed by atoms with van der Waals surface area (Å²) in [4.78, 5) is 0. The summed E-state index contributed by atoms with van der Waals surface area (Å²) in [5.74, 6) is -0.154. The third-order valence-electron chi connectivity index (χ3n) is 4.10. The molecule has 0 heterocycles. The van der Waals surface area contributed by atoms with E-state index < -0.39 is 5.79 Å². The van der Waals surface area contributed by atoms with Crippen LogP contribution in [0.15, 0.2) is 0 Å². The molecular weight excluding hydrogens is 274 g/mol. The van der Waals surface area contributed by atoms with Crippen molar-refractivity contribution in [1.82, 2.24) is 0 Å². The molecule has 0 aliphatic rings. The maximum absolute atomic E-state index is 6.18. The Labute approximate surface area is 139 Å². The van der Waals surface area contributed by atoms with Crippen LogP contribution < -0.4 is 5.73 Å². The van der Waals surface area contributed by atoms with Crippen LogP contribution in [0.1, 0.15) is 92.9 Å². The summed E-state index contributed by atoms with van der Waals surface area (Å²) in [5, 5.41) is 0. The van der Waals surface area contributed by atoms with E-state index in [2.05, 4.69) is 41.5 Å². The second kappa shape index (κ2) is 12.3. The summed E-state index contributed by atoms with van der Waals surface area (Å²) >= 11 is 0. The van der Waals surface area contributed by atoms with E-state index in [1.807, 2.05) is 0 Å². The first-order chi connectivity index (χ1) is 10.4. The van der Waals surface area contributed by atoms with Crippen LogP contribution in [0.3, 0.4) is 0 Å². The van der Waals surface area contributed by atoms with Gasteiger partial charge in [-0.15, -0.1) is 0 Å². The minimum atomic E-state index is -0.523. The zero-order valence-electron chi connectivity index (χ0n) is 16.0. The zero-order valence-corrected chi connectivity index (χ0v) is 16.0. The Balaban J connectivity index is 4.54. The fourth-order valence-corrected chi connectivity index (χ4v) is 3.20. The maximum atomic E-state index is 6.18. The highest BCUT2D eigenvalue weighted by molar-refractivity contribution is 4.78. The molecule has 0 aromatic heterocycles. The quantitative estimate of drug-likeness (QED) is 0.351. The third kappa shape index (κ3) is 9.81. The smallest absolute Gasteiger partial charge is 0.169 e. The van der Waals surface area contributed by atoms with Crippen molar-refractivity contribution >= 4 is 0 Å². The Bertz CT molecular complexity index is 244. The van der Waals surface area contributed by atoms with Gasteiger partial charge >= 0.3 is 0 Å². The molecular formula is C19H41NO2. The summed E-state index contributed by atoms with van der Waals surface area (Å²) in [6.07, 6.45) is 10.3. The SMILES string of the molecule is CCCCCCCCC(CCN)C(C)(OC(C)C)OC(C)C. The lowest BCUT2D eigenvalue weighted by Gasteiger charge is -2.40. The van der Waals surface area contributed by atoms with Crippen LogP contribution in [-0.2, 0) is 9.47 Å². The Morgan fingerprint density at radius 2 is 1.32 bits per heavy atom. The summed E-state index contributed by atoms with van der Waals surface area (Å²) in [5.41, 5.74) is 5.85. The van der Waals surface area contributed by atoms with E-state index in [1.54, 1.807) is 0 Å². The van der Waals surface area contributed by atoms with Crippen LogP contribution in [-0.4, -0.2) is 24.5 Å². The molecule has 0 aromatic rings. The molecule has 22 heavy (non-hydrogen) atoms. The molecule has 0 saturated carbocycles. The highest BCUT2D eigenvalue weighted by Gasteiger charge is 2.37. The molecule has 3 nitrogen and oxygen atoms in total. The lowest BCUT2D eigenvalue weighted by molar-refractivity contribution is -0.287. The lowest BCUT2D eigenvalue weighted by Crippen LogP contribution is -2.45. The molecule has 0 aromatic carbocycles. The molecule has 0 aliphatic heterocycles. The predicted molar refractivity (Wildman–Crippen MR) is 96.0 cm³/mol. The molecule has 0 aliphatic carbocycles. The van der Waals surface area contributed by atoms with Crippen LogP contribution >= 0.6 is 0 Å². The molecule has 0 amide bonds. The van der Waals surface area contributed by atoms with Crippen molar-refractivity contribution < 1.29 is 9.47 Å². The van der Waals surface area contributed by atoms with Gasteiger partial charge in [0.1, 0.15) is 0 Å². The molecule has 1 unspecified atom stereocenters. The lowest BCUT2D eigenvalue weighted by atomic mass is 9.89. The highest BCUT2D eigenvalue weighted by atomic mass is 16.7. The molecule has 0 radical (unpaired) electrons. The number of hydrogen-bond acceptors (Lipinski definition) is 3. The van der Waals surface area contributed by atoms with Crippen LogP contribution in [0.25, 0.3) is 0 Å². The van der Waals surface area contributed by atoms with Crippen molar-refractivity contribution in [3.05, 3.63) is 0 Å². The number of hydrogen-bond donors (Lipinski definition) is 1. The molecule has 0 saturated heterocycles. The summed E-state index contributed by atoms with van der Waals surface area (Å²) in [6.45, 7) is 13.4. The Morgan fingerprint density at radius 1 is 0.818 bits per heavy atom. The van der Waals surface area contributed by atoms with E-state index in [0.29, 0.717) is 12.5 Å². The Kier molecular flexibility index (Phi) is 12.3. The van der Waals surface area contributed by atoms with Crippen LogP contribution in [0.4, 0.5) is 0 Å². The van der Waals surface area contributed by atoms with Gasteiger partial charge in [0, 0.05) is 5.92 Å². The van der Waals surface area contributed by atoms with Crippen molar-refractivity contribution in [1.29, 1.82) is 0 Å². The molecule has 0 rings (SSSR count). The monoisotopic (exact) mass is 315 g/mol. The van der Waals surface area contributed by atoms with Gasteiger partial charge in [0.25, 0.3) is 0 Å². The minimum Gasteiger partial charge on any atom is -0.347 e. The van der Waals surface area contributed by atoms with Gasteiger partial charge in [0.05, 0.1) is 12.2 Å². The van der Waals surface area contributed by atoms with Crippen LogP contribution in [0.2, 0.25) is 0 Å². The van der Waals surface area contributed by atoms with Crippen LogP contribution in [0, 0.1) is 5.92 Å². The van der Waals surface area contributed by atoms with E-state index in [-0.39, 0.29) is 12.2 Å². The fraction of sp³-hybridized carbons (Fsp3) is 1.00. The van der Waals surface area contributed by atoms with E-state index in [1.165, 1.54) is 38.5 Å². The van der Waals surface area contributed by atoms with Gasteiger partial charge in [-0.3, -0.25) is 0 Å². The molecule has 2 N–H and O–H groups in total. The van der Waals surface area contributed by atoms with E-state index in [4.69, 9.17) is 15.2 Å². The van der Waals surface area contributed by atoms with Gasteiger partial charge in [-0.25, -0.2) is 0 Å². The standard InChI is InChI=1S/C19H41NO2/c1-7-8-9-10-11-12-13-18(14-15-20)19(6,21-16(2)3)22-17(4)5/h16-18H,7-15,20H2,1-6H3. The Hall–Kier alpha value is -0.120. The van der Waals surface area contributed by atoms with Gasteiger partial charge in [-0.05, 0) is 54.0 Å². The van der Waals surface area contributed by atoms with Crippen molar-refractivity contribution in [2.75, 3.05) is 6.54 Å². The second-order valence-electron chi connectivity index (χ2n) is 7.18. The second-order valence-corrected chi connectivity index (χ2v) is 7.18. The maximum Gasteiger partial charge on any atom is 0.169 e. The van der Waals surface area contributed by atoms with Gasteiger partial charge in [-0.2, -0.15) is 0 Å². The normalized spacial score (nSPS) is 14.0. The van der Waals surface area contributed by atoms with E-state index >= 15 is 0 Å². The first-order valence-corrected chi connectivity index (χ1v) is 9.41. The number of rotatable bonds is 14. The first-order valence-electron chi connectivity index (χ1n) is 9.41. The van der Waals surface area contributed by atoms with Gasteiger partial charge in [0.15, 0.2) is 5.79 Å². The molecule has 1 atom stereocenters. The summed E-state index contributed by atoms with van der Waals surface area (Å²) < 4.78 is 12.4. The van der Waals surface area contributed by atoms with Crippen molar-refractivity contribution in [3.63, 3.8) is 0 Å². The highest BCUT2D eigenvalue weighted by Crippen LogP contribution is 2.33. The number of nitrogens with two attached hydrogens (primary N) is 1.